The highest BCUT2D eigenvalue weighted by atomic mass is 16.3. The van der Waals surface area contributed by atoms with Gasteiger partial charge in [-0.2, -0.15) is 0 Å². The predicted octanol–water partition coefficient (Wildman–Crippen LogP) is 0.870. The van der Waals surface area contributed by atoms with E-state index in [-0.39, 0.29) is 12.5 Å². The number of benzene rings is 1. The number of anilines is 1. The maximum absolute atomic E-state index is 11.5. The molecular weight excluding hydrogens is 204 g/mol. The number of rotatable bonds is 3. The van der Waals surface area contributed by atoms with Crippen molar-refractivity contribution in [3.63, 3.8) is 0 Å². The zero-order valence-electron chi connectivity index (χ0n) is 9.87. The van der Waals surface area contributed by atoms with E-state index in [4.69, 9.17) is 10.8 Å². The molecule has 4 heteroatoms. The van der Waals surface area contributed by atoms with Gasteiger partial charge in [0.2, 0.25) is 5.91 Å². The second-order valence-electron chi connectivity index (χ2n) is 3.96. The molecule has 1 rings (SSSR count). The molecule has 0 saturated carbocycles. The predicted molar refractivity (Wildman–Crippen MR) is 64.3 cm³/mol. The van der Waals surface area contributed by atoms with Crippen LogP contribution in [0.4, 0.5) is 5.69 Å². The van der Waals surface area contributed by atoms with Crippen LogP contribution in [0.25, 0.3) is 0 Å². The molecule has 16 heavy (non-hydrogen) atoms. The van der Waals surface area contributed by atoms with Gasteiger partial charge in [-0.1, -0.05) is 6.07 Å². The van der Waals surface area contributed by atoms with E-state index in [0.717, 1.165) is 16.8 Å². The maximum Gasteiger partial charge on any atom is 0.243 e. The second kappa shape index (κ2) is 5.09. The van der Waals surface area contributed by atoms with Gasteiger partial charge in [0.05, 0.1) is 6.61 Å². The molecule has 1 amide bonds. The smallest absolute Gasteiger partial charge is 0.243 e. The Bertz CT molecular complexity index is 402. The van der Waals surface area contributed by atoms with Gasteiger partial charge >= 0.3 is 0 Å². The summed E-state index contributed by atoms with van der Waals surface area (Å²) in [5.41, 5.74) is 9.52. The Hall–Kier alpha value is -1.39. The highest BCUT2D eigenvalue weighted by molar-refractivity contribution is 5.95. The van der Waals surface area contributed by atoms with Crippen LogP contribution in [0.3, 0.4) is 0 Å². The molecule has 0 fully saturated rings. The molecular formula is C12H18N2O2. The van der Waals surface area contributed by atoms with Crippen LogP contribution >= 0.6 is 0 Å². The van der Waals surface area contributed by atoms with Gasteiger partial charge in [0.15, 0.2) is 0 Å². The fraction of sp³-hybridized carbons (Fsp3) is 0.417. The number of amides is 1. The molecule has 88 valence electrons. The van der Waals surface area contributed by atoms with Crippen molar-refractivity contribution in [2.45, 2.75) is 26.8 Å². The van der Waals surface area contributed by atoms with Crippen molar-refractivity contribution in [1.29, 1.82) is 0 Å². The number of carbonyl (C=O) groups excluding carboxylic acids is 1. The van der Waals surface area contributed by atoms with Crippen LogP contribution in [-0.2, 0) is 4.79 Å². The number of carbonyl (C=O) groups is 1. The number of aryl methyl sites for hydroxylation is 1. The third kappa shape index (κ3) is 2.59. The quantitative estimate of drug-likeness (QED) is 0.710. The van der Waals surface area contributed by atoms with Gasteiger partial charge in [-0.05, 0) is 43.5 Å². The molecule has 0 aromatic heterocycles. The lowest BCUT2D eigenvalue weighted by atomic mass is 10.0. The van der Waals surface area contributed by atoms with Crippen molar-refractivity contribution in [3.8, 4) is 0 Å². The van der Waals surface area contributed by atoms with Gasteiger partial charge < -0.3 is 16.2 Å². The van der Waals surface area contributed by atoms with Gasteiger partial charge in [0, 0.05) is 5.69 Å². The lowest BCUT2D eigenvalue weighted by Gasteiger charge is -2.14. The molecule has 0 aliphatic rings. The Balaban J connectivity index is 2.91. The number of nitrogens with one attached hydrogen (secondary N) is 1. The number of aliphatic hydroxyl groups excluding tert-OH is 1. The van der Waals surface area contributed by atoms with Crippen molar-refractivity contribution >= 4 is 11.6 Å². The fourth-order valence-corrected chi connectivity index (χ4v) is 1.40. The van der Waals surface area contributed by atoms with Gasteiger partial charge in [0.25, 0.3) is 0 Å². The normalized spacial score (nSPS) is 12.3. The molecule has 0 saturated heterocycles. The van der Waals surface area contributed by atoms with Crippen LogP contribution in [0.15, 0.2) is 12.1 Å². The molecule has 0 spiro atoms. The summed E-state index contributed by atoms with van der Waals surface area (Å²) in [6.45, 7) is 5.62. The van der Waals surface area contributed by atoms with Crippen molar-refractivity contribution in [2.24, 2.45) is 5.73 Å². The molecule has 0 heterocycles. The van der Waals surface area contributed by atoms with Crippen LogP contribution in [0.1, 0.15) is 16.7 Å². The lowest BCUT2D eigenvalue weighted by Crippen LogP contribution is -2.38. The molecule has 0 aliphatic carbocycles. The molecule has 0 radical (unpaired) electrons. The van der Waals surface area contributed by atoms with E-state index in [2.05, 4.69) is 5.32 Å². The Morgan fingerprint density at radius 3 is 2.56 bits per heavy atom. The first-order valence-corrected chi connectivity index (χ1v) is 5.21. The molecule has 1 unspecified atom stereocenters. The van der Waals surface area contributed by atoms with E-state index < -0.39 is 6.04 Å². The lowest BCUT2D eigenvalue weighted by molar-refractivity contribution is -0.118. The van der Waals surface area contributed by atoms with Gasteiger partial charge in [-0.25, -0.2) is 0 Å². The van der Waals surface area contributed by atoms with E-state index in [1.807, 2.05) is 32.9 Å². The standard InChI is InChI=1S/C12H18N2O2/c1-7-4-5-11(9(3)8(7)2)14-12(16)10(13)6-15/h4-5,10,15H,6,13H2,1-3H3,(H,14,16). The van der Waals surface area contributed by atoms with Crippen LogP contribution in [-0.4, -0.2) is 23.7 Å². The summed E-state index contributed by atoms with van der Waals surface area (Å²) >= 11 is 0. The second-order valence-corrected chi connectivity index (χ2v) is 3.96. The van der Waals surface area contributed by atoms with Crippen LogP contribution in [0.2, 0.25) is 0 Å². The third-order valence-corrected chi connectivity index (χ3v) is 2.85. The van der Waals surface area contributed by atoms with Gasteiger partial charge in [-0.3, -0.25) is 4.79 Å². The van der Waals surface area contributed by atoms with E-state index in [0.29, 0.717) is 0 Å². The first kappa shape index (κ1) is 12.7. The average Bonchev–Trinajstić information content (AvgIpc) is 2.28. The Kier molecular flexibility index (Phi) is 4.04. The Morgan fingerprint density at radius 1 is 1.38 bits per heavy atom. The zero-order chi connectivity index (χ0) is 12.3. The monoisotopic (exact) mass is 222 g/mol. The first-order chi connectivity index (χ1) is 7.47. The van der Waals surface area contributed by atoms with Crippen molar-refractivity contribution in [1.82, 2.24) is 0 Å². The molecule has 0 bridgehead atoms. The van der Waals surface area contributed by atoms with Crippen molar-refractivity contribution in [3.05, 3.63) is 28.8 Å². The largest absolute Gasteiger partial charge is 0.394 e. The van der Waals surface area contributed by atoms with Crippen LogP contribution in [0.5, 0.6) is 0 Å². The third-order valence-electron chi connectivity index (χ3n) is 2.85. The van der Waals surface area contributed by atoms with E-state index in [9.17, 15) is 4.79 Å². The van der Waals surface area contributed by atoms with E-state index in [1.165, 1.54) is 5.56 Å². The summed E-state index contributed by atoms with van der Waals surface area (Å²) in [6, 6.07) is 2.92. The van der Waals surface area contributed by atoms with E-state index in [1.54, 1.807) is 0 Å². The maximum atomic E-state index is 11.5. The minimum absolute atomic E-state index is 0.351. The molecule has 4 nitrogen and oxygen atoms in total. The van der Waals surface area contributed by atoms with Crippen LogP contribution in [0, 0.1) is 20.8 Å². The minimum Gasteiger partial charge on any atom is -0.394 e. The Labute approximate surface area is 95.5 Å². The summed E-state index contributed by atoms with van der Waals surface area (Å²) in [4.78, 5) is 11.5. The number of aliphatic hydroxyl groups is 1. The number of hydrogen-bond acceptors (Lipinski definition) is 3. The molecule has 1 aromatic carbocycles. The van der Waals surface area contributed by atoms with Gasteiger partial charge in [-0.15, -0.1) is 0 Å². The summed E-state index contributed by atoms with van der Waals surface area (Å²) in [6.07, 6.45) is 0. The highest BCUT2D eigenvalue weighted by Gasteiger charge is 2.13. The zero-order valence-corrected chi connectivity index (χ0v) is 9.87. The summed E-state index contributed by atoms with van der Waals surface area (Å²) in [5, 5.41) is 11.5. The molecule has 4 N–H and O–H groups in total. The topological polar surface area (TPSA) is 75.4 Å². The molecule has 1 atom stereocenters. The first-order valence-electron chi connectivity index (χ1n) is 5.21. The number of hydrogen-bond donors (Lipinski definition) is 3. The SMILES string of the molecule is Cc1ccc(NC(=O)C(N)CO)c(C)c1C. The molecule has 1 aromatic rings. The van der Waals surface area contributed by atoms with E-state index >= 15 is 0 Å². The highest BCUT2D eigenvalue weighted by Crippen LogP contribution is 2.21. The van der Waals surface area contributed by atoms with Crippen molar-refractivity contribution in [2.75, 3.05) is 11.9 Å². The van der Waals surface area contributed by atoms with Crippen LogP contribution < -0.4 is 11.1 Å². The summed E-state index contributed by atoms with van der Waals surface area (Å²) in [5.74, 6) is -0.367. The fourth-order valence-electron chi connectivity index (χ4n) is 1.40. The van der Waals surface area contributed by atoms with Crippen molar-refractivity contribution < 1.29 is 9.90 Å². The average molecular weight is 222 g/mol. The molecule has 0 aliphatic heterocycles. The summed E-state index contributed by atoms with van der Waals surface area (Å²) in [7, 11) is 0. The Morgan fingerprint density at radius 2 is 2.00 bits per heavy atom. The number of nitrogens with two attached hydrogens (primary N) is 1. The minimum atomic E-state index is -0.874. The summed E-state index contributed by atoms with van der Waals surface area (Å²) < 4.78 is 0. The van der Waals surface area contributed by atoms with Gasteiger partial charge in [0.1, 0.15) is 6.04 Å².